The van der Waals surface area contributed by atoms with Gasteiger partial charge in [-0.15, -0.1) is 23.2 Å². The number of nitrogens with one attached hydrogen (secondary N) is 2. The van der Waals surface area contributed by atoms with Crippen molar-refractivity contribution in [1.82, 2.24) is 15.5 Å². The third-order valence-electron chi connectivity index (χ3n) is 2.08. The highest BCUT2D eigenvalue weighted by Crippen LogP contribution is 2.11. The van der Waals surface area contributed by atoms with Crippen molar-refractivity contribution in [3.05, 3.63) is 17.5 Å². The van der Waals surface area contributed by atoms with Gasteiger partial charge in [0.1, 0.15) is 0 Å². The molecule has 0 aromatic carbocycles. The van der Waals surface area contributed by atoms with E-state index >= 15 is 0 Å². The monoisotopic (exact) mass is 249 g/mol. The number of aryl methyl sites for hydroxylation is 1. The van der Waals surface area contributed by atoms with Crippen LogP contribution in [0.4, 0.5) is 0 Å². The van der Waals surface area contributed by atoms with Crippen LogP contribution < -0.4 is 5.32 Å². The zero-order valence-corrected chi connectivity index (χ0v) is 10.1. The maximum atomic E-state index is 11.8. The molecule has 2 N–H and O–H groups in total. The summed E-state index contributed by atoms with van der Waals surface area (Å²) in [6.07, 6.45) is 1.48. The van der Waals surface area contributed by atoms with Crippen molar-refractivity contribution in [2.45, 2.75) is 19.4 Å². The average Bonchev–Trinajstić information content (AvgIpc) is 2.64. The lowest BCUT2D eigenvalue weighted by Crippen LogP contribution is -2.49. The normalized spacial score (nSPS) is 11.5. The minimum Gasteiger partial charge on any atom is -0.344 e. The summed E-state index contributed by atoms with van der Waals surface area (Å²) < 4.78 is 0. The standard InChI is InChI=1S/C9H13Cl2N3O/c1-6-7(3-12-14-6)8(15)13-9(2,4-10)5-11/h3H,4-5H2,1-2H3,(H,12,14)(H,13,15). The number of hydrogen-bond donors (Lipinski definition) is 2. The van der Waals surface area contributed by atoms with Gasteiger partial charge in [0.25, 0.3) is 5.91 Å². The van der Waals surface area contributed by atoms with E-state index in [9.17, 15) is 4.79 Å². The van der Waals surface area contributed by atoms with E-state index in [0.29, 0.717) is 5.56 Å². The van der Waals surface area contributed by atoms with Gasteiger partial charge in [0.05, 0.1) is 17.3 Å². The molecule has 0 atom stereocenters. The number of rotatable bonds is 4. The molecule has 1 aromatic rings. The Bertz CT molecular complexity index is 347. The molecule has 0 saturated heterocycles. The molecule has 84 valence electrons. The maximum Gasteiger partial charge on any atom is 0.255 e. The average molecular weight is 250 g/mol. The number of halogens is 2. The molecule has 0 aliphatic carbocycles. The predicted molar refractivity (Wildman–Crippen MR) is 60.6 cm³/mol. The molecule has 0 radical (unpaired) electrons. The molecule has 0 unspecified atom stereocenters. The van der Waals surface area contributed by atoms with Gasteiger partial charge in [0.15, 0.2) is 0 Å². The fourth-order valence-electron chi connectivity index (χ4n) is 1.02. The first-order valence-corrected chi connectivity index (χ1v) is 5.54. The minimum atomic E-state index is -0.593. The second-order valence-corrected chi connectivity index (χ2v) is 4.23. The van der Waals surface area contributed by atoms with Gasteiger partial charge in [-0.3, -0.25) is 9.89 Å². The molecule has 0 aliphatic rings. The van der Waals surface area contributed by atoms with Crippen LogP contribution >= 0.6 is 23.2 Å². The topological polar surface area (TPSA) is 57.8 Å². The Morgan fingerprint density at radius 1 is 1.60 bits per heavy atom. The quantitative estimate of drug-likeness (QED) is 0.799. The van der Waals surface area contributed by atoms with Gasteiger partial charge in [-0.05, 0) is 13.8 Å². The smallest absolute Gasteiger partial charge is 0.255 e. The molecule has 1 heterocycles. The summed E-state index contributed by atoms with van der Waals surface area (Å²) in [7, 11) is 0. The van der Waals surface area contributed by atoms with Crippen molar-refractivity contribution in [2.75, 3.05) is 11.8 Å². The summed E-state index contributed by atoms with van der Waals surface area (Å²) >= 11 is 11.5. The summed E-state index contributed by atoms with van der Waals surface area (Å²) in [6.45, 7) is 3.57. The highest BCUT2D eigenvalue weighted by atomic mass is 35.5. The third-order valence-corrected chi connectivity index (χ3v) is 3.26. The Labute approximate surface area is 98.3 Å². The molecule has 0 bridgehead atoms. The van der Waals surface area contributed by atoms with E-state index in [1.807, 2.05) is 0 Å². The largest absolute Gasteiger partial charge is 0.344 e. The third kappa shape index (κ3) is 2.86. The second kappa shape index (κ2) is 4.86. The Kier molecular flexibility index (Phi) is 3.99. The van der Waals surface area contributed by atoms with Crippen LogP contribution in [0.3, 0.4) is 0 Å². The lowest BCUT2D eigenvalue weighted by molar-refractivity contribution is 0.0921. The number of alkyl halides is 2. The van der Waals surface area contributed by atoms with E-state index in [0.717, 1.165) is 5.69 Å². The number of aromatic amines is 1. The lowest BCUT2D eigenvalue weighted by atomic mass is 10.1. The van der Waals surface area contributed by atoms with Gasteiger partial charge in [-0.25, -0.2) is 0 Å². The molecule has 0 spiro atoms. The van der Waals surface area contributed by atoms with Crippen LogP contribution in [0, 0.1) is 6.92 Å². The van der Waals surface area contributed by atoms with Crippen LogP contribution in [0.25, 0.3) is 0 Å². The van der Waals surface area contributed by atoms with Crippen LogP contribution in [0.15, 0.2) is 6.20 Å². The second-order valence-electron chi connectivity index (χ2n) is 3.69. The summed E-state index contributed by atoms with van der Waals surface area (Å²) in [5.41, 5.74) is 0.639. The van der Waals surface area contributed by atoms with Crippen molar-refractivity contribution in [1.29, 1.82) is 0 Å². The first-order chi connectivity index (χ1) is 7.02. The Morgan fingerprint density at radius 3 is 2.60 bits per heavy atom. The Morgan fingerprint density at radius 2 is 2.20 bits per heavy atom. The van der Waals surface area contributed by atoms with Crippen LogP contribution in [0.1, 0.15) is 23.0 Å². The van der Waals surface area contributed by atoms with Crippen molar-refractivity contribution in [3.63, 3.8) is 0 Å². The van der Waals surface area contributed by atoms with Gasteiger partial charge in [-0.1, -0.05) is 0 Å². The Hall–Kier alpha value is -0.740. The maximum absolute atomic E-state index is 11.8. The van der Waals surface area contributed by atoms with Crippen LogP contribution in [0.2, 0.25) is 0 Å². The molecule has 0 fully saturated rings. The van der Waals surface area contributed by atoms with E-state index < -0.39 is 5.54 Å². The predicted octanol–water partition coefficient (Wildman–Crippen LogP) is 1.68. The van der Waals surface area contributed by atoms with Gasteiger partial charge in [0.2, 0.25) is 0 Å². The zero-order valence-electron chi connectivity index (χ0n) is 8.60. The highest BCUT2D eigenvalue weighted by Gasteiger charge is 2.25. The number of nitrogens with zero attached hydrogens (tertiary/aromatic N) is 1. The zero-order chi connectivity index (χ0) is 11.5. The van der Waals surface area contributed by atoms with E-state index in [4.69, 9.17) is 23.2 Å². The van der Waals surface area contributed by atoms with Crippen molar-refractivity contribution >= 4 is 29.1 Å². The summed E-state index contributed by atoms with van der Waals surface area (Å²) in [5.74, 6) is 0.309. The fourth-order valence-corrected chi connectivity index (χ4v) is 1.44. The first kappa shape index (κ1) is 12.3. The number of aromatic nitrogens is 2. The summed E-state index contributed by atoms with van der Waals surface area (Å²) in [5, 5.41) is 9.24. The van der Waals surface area contributed by atoms with E-state index in [-0.39, 0.29) is 17.7 Å². The highest BCUT2D eigenvalue weighted by molar-refractivity contribution is 6.22. The summed E-state index contributed by atoms with van der Waals surface area (Å²) in [4.78, 5) is 11.8. The number of carbonyl (C=O) groups excluding carboxylic acids is 1. The molecule has 4 nitrogen and oxygen atoms in total. The lowest BCUT2D eigenvalue weighted by Gasteiger charge is -2.25. The number of carbonyl (C=O) groups is 1. The molecular weight excluding hydrogens is 237 g/mol. The summed E-state index contributed by atoms with van der Waals surface area (Å²) in [6, 6.07) is 0. The van der Waals surface area contributed by atoms with Crippen LogP contribution in [-0.2, 0) is 0 Å². The van der Waals surface area contributed by atoms with E-state index in [1.165, 1.54) is 6.20 Å². The number of H-pyrrole nitrogens is 1. The first-order valence-electron chi connectivity index (χ1n) is 4.47. The molecule has 1 rings (SSSR count). The van der Waals surface area contributed by atoms with Crippen LogP contribution in [0.5, 0.6) is 0 Å². The molecule has 15 heavy (non-hydrogen) atoms. The van der Waals surface area contributed by atoms with Gasteiger partial charge in [-0.2, -0.15) is 5.10 Å². The van der Waals surface area contributed by atoms with Crippen LogP contribution in [-0.4, -0.2) is 33.4 Å². The van der Waals surface area contributed by atoms with Crippen molar-refractivity contribution in [2.24, 2.45) is 0 Å². The van der Waals surface area contributed by atoms with Gasteiger partial charge >= 0.3 is 0 Å². The molecular formula is C9H13Cl2N3O. The van der Waals surface area contributed by atoms with Crippen molar-refractivity contribution in [3.8, 4) is 0 Å². The van der Waals surface area contributed by atoms with Gasteiger partial charge in [0, 0.05) is 17.5 Å². The van der Waals surface area contributed by atoms with Crippen molar-refractivity contribution < 1.29 is 4.79 Å². The molecule has 0 aliphatic heterocycles. The van der Waals surface area contributed by atoms with Gasteiger partial charge < -0.3 is 5.32 Å². The molecule has 6 heteroatoms. The fraction of sp³-hybridized carbons (Fsp3) is 0.556. The minimum absolute atomic E-state index is 0.218. The Balaban J connectivity index is 2.76. The van der Waals surface area contributed by atoms with E-state index in [2.05, 4.69) is 15.5 Å². The molecule has 1 amide bonds. The number of hydrogen-bond acceptors (Lipinski definition) is 2. The molecule has 0 saturated carbocycles. The SMILES string of the molecule is Cc1[nH]ncc1C(=O)NC(C)(CCl)CCl. The number of amides is 1. The molecule has 1 aromatic heterocycles. The van der Waals surface area contributed by atoms with E-state index in [1.54, 1.807) is 13.8 Å².